The van der Waals surface area contributed by atoms with Crippen molar-refractivity contribution in [3.05, 3.63) is 30.1 Å². The highest BCUT2D eigenvalue weighted by Gasteiger charge is 2.04. The molecule has 0 aliphatic rings. The standard InChI is InChI=1S/C10H14N2O2/c1-8(13)7-12-10(14)6-9-4-2-3-5-11-9/h2-5,8,13H,6-7H2,1H3,(H,12,14)/t8-/m1/s1. The van der Waals surface area contributed by atoms with E-state index in [2.05, 4.69) is 10.3 Å². The molecule has 1 atom stereocenters. The van der Waals surface area contributed by atoms with Crippen LogP contribution < -0.4 is 5.32 Å². The predicted octanol–water partition coefficient (Wildman–Crippen LogP) is 0.121. The van der Waals surface area contributed by atoms with Gasteiger partial charge in [0.1, 0.15) is 0 Å². The van der Waals surface area contributed by atoms with E-state index in [1.54, 1.807) is 25.3 Å². The highest BCUT2D eigenvalue weighted by atomic mass is 16.3. The number of amides is 1. The second kappa shape index (κ2) is 5.34. The zero-order valence-corrected chi connectivity index (χ0v) is 8.10. The van der Waals surface area contributed by atoms with E-state index in [-0.39, 0.29) is 18.9 Å². The van der Waals surface area contributed by atoms with Crippen LogP contribution in [0.4, 0.5) is 0 Å². The largest absolute Gasteiger partial charge is 0.392 e. The molecule has 4 heteroatoms. The van der Waals surface area contributed by atoms with Crippen LogP contribution in [-0.4, -0.2) is 28.6 Å². The quantitative estimate of drug-likeness (QED) is 0.715. The van der Waals surface area contributed by atoms with Crippen molar-refractivity contribution >= 4 is 5.91 Å². The molecule has 76 valence electrons. The average molecular weight is 194 g/mol. The van der Waals surface area contributed by atoms with Crippen LogP contribution in [0.3, 0.4) is 0 Å². The Bertz CT molecular complexity index is 285. The minimum atomic E-state index is -0.511. The van der Waals surface area contributed by atoms with Crippen molar-refractivity contribution < 1.29 is 9.90 Å². The van der Waals surface area contributed by atoms with E-state index in [0.29, 0.717) is 0 Å². The topological polar surface area (TPSA) is 62.2 Å². The second-order valence-corrected chi connectivity index (χ2v) is 3.15. The maximum Gasteiger partial charge on any atom is 0.226 e. The lowest BCUT2D eigenvalue weighted by atomic mass is 10.2. The van der Waals surface area contributed by atoms with Crippen molar-refractivity contribution in [2.24, 2.45) is 0 Å². The Morgan fingerprint density at radius 2 is 2.43 bits per heavy atom. The summed E-state index contributed by atoms with van der Waals surface area (Å²) in [5.41, 5.74) is 0.732. The number of carbonyl (C=O) groups excluding carboxylic acids is 1. The molecule has 1 rings (SSSR count). The maximum atomic E-state index is 11.3. The Morgan fingerprint density at radius 3 is 3.00 bits per heavy atom. The Labute approximate surface area is 83.0 Å². The number of pyridine rings is 1. The summed E-state index contributed by atoms with van der Waals surface area (Å²) in [5.74, 6) is -0.121. The molecule has 0 bridgehead atoms. The summed E-state index contributed by atoms with van der Waals surface area (Å²) in [7, 11) is 0. The number of rotatable bonds is 4. The van der Waals surface area contributed by atoms with E-state index >= 15 is 0 Å². The average Bonchev–Trinajstić information content (AvgIpc) is 2.16. The van der Waals surface area contributed by atoms with Crippen LogP contribution in [0.5, 0.6) is 0 Å². The first-order valence-electron chi connectivity index (χ1n) is 4.53. The van der Waals surface area contributed by atoms with Crippen molar-refractivity contribution in [1.29, 1.82) is 0 Å². The van der Waals surface area contributed by atoms with Gasteiger partial charge in [0.05, 0.1) is 12.5 Å². The summed E-state index contributed by atoms with van der Waals surface area (Å²) >= 11 is 0. The first kappa shape index (κ1) is 10.7. The van der Waals surface area contributed by atoms with Gasteiger partial charge in [0, 0.05) is 18.4 Å². The molecule has 1 amide bonds. The van der Waals surface area contributed by atoms with Gasteiger partial charge in [-0.15, -0.1) is 0 Å². The fourth-order valence-corrected chi connectivity index (χ4v) is 0.991. The smallest absolute Gasteiger partial charge is 0.226 e. The number of hydrogen-bond acceptors (Lipinski definition) is 3. The number of aliphatic hydroxyl groups is 1. The fourth-order valence-electron chi connectivity index (χ4n) is 0.991. The summed E-state index contributed by atoms with van der Waals surface area (Å²) in [5, 5.41) is 11.5. The van der Waals surface area contributed by atoms with Gasteiger partial charge in [-0.05, 0) is 19.1 Å². The van der Waals surface area contributed by atoms with E-state index in [0.717, 1.165) is 5.69 Å². The lowest BCUT2D eigenvalue weighted by Crippen LogP contribution is -2.31. The van der Waals surface area contributed by atoms with Crippen molar-refractivity contribution in [3.63, 3.8) is 0 Å². The van der Waals surface area contributed by atoms with Crippen LogP contribution in [-0.2, 0) is 11.2 Å². The molecule has 0 aromatic carbocycles. The molecule has 0 unspecified atom stereocenters. The Balaban J connectivity index is 2.35. The lowest BCUT2D eigenvalue weighted by molar-refractivity contribution is -0.120. The van der Waals surface area contributed by atoms with E-state index in [1.807, 2.05) is 6.07 Å². The molecule has 0 saturated heterocycles. The summed E-state index contributed by atoms with van der Waals surface area (Å²) in [6, 6.07) is 5.43. The highest BCUT2D eigenvalue weighted by molar-refractivity contribution is 5.78. The maximum absolute atomic E-state index is 11.3. The van der Waals surface area contributed by atoms with Gasteiger partial charge in [-0.3, -0.25) is 9.78 Å². The summed E-state index contributed by atoms with van der Waals surface area (Å²) in [6.45, 7) is 1.91. The van der Waals surface area contributed by atoms with Crippen LogP contribution >= 0.6 is 0 Å². The van der Waals surface area contributed by atoms with Crippen LogP contribution in [0.15, 0.2) is 24.4 Å². The number of carbonyl (C=O) groups is 1. The van der Waals surface area contributed by atoms with Gasteiger partial charge in [-0.2, -0.15) is 0 Å². The van der Waals surface area contributed by atoms with Gasteiger partial charge >= 0.3 is 0 Å². The molecule has 1 heterocycles. The molecular formula is C10H14N2O2. The zero-order valence-electron chi connectivity index (χ0n) is 8.10. The molecule has 0 aliphatic carbocycles. The number of hydrogen-bond donors (Lipinski definition) is 2. The summed E-state index contributed by atoms with van der Waals surface area (Å²) in [6.07, 6.45) is 1.40. The van der Waals surface area contributed by atoms with Gasteiger partial charge < -0.3 is 10.4 Å². The Hall–Kier alpha value is -1.42. The molecule has 1 aromatic rings. The monoisotopic (exact) mass is 194 g/mol. The first-order valence-corrected chi connectivity index (χ1v) is 4.53. The van der Waals surface area contributed by atoms with Gasteiger partial charge in [-0.1, -0.05) is 6.07 Å². The first-order chi connectivity index (χ1) is 6.68. The lowest BCUT2D eigenvalue weighted by Gasteiger charge is -2.06. The molecule has 0 aliphatic heterocycles. The van der Waals surface area contributed by atoms with Crippen molar-refractivity contribution in [1.82, 2.24) is 10.3 Å². The number of nitrogens with zero attached hydrogens (tertiary/aromatic N) is 1. The third-order valence-corrected chi connectivity index (χ3v) is 1.66. The van der Waals surface area contributed by atoms with E-state index in [9.17, 15) is 4.79 Å². The minimum Gasteiger partial charge on any atom is -0.392 e. The summed E-state index contributed by atoms with van der Waals surface area (Å²) < 4.78 is 0. The Kier molecular flexibility index (Phi) is 4.07. The van der Waals surface area contributed by atoms with Crippen molar-refractivity contribution in [2.45, 2.75) is 19.4 Å². The van der Waals surface area contributed by atoms with E-state index < -0.39 is 6.10 Å². The number of nitrogens with one attached hydrogen (secondary N) is 1. The number of aliphatic hydroxyl groups excluding tert-OH is 1. The molecule has 1 aromatic heterocycles. The van der Waals surface area contributed by atoms with Crippen molar-refractivity contribution in [2.75, 3.05) is 6.54 Å². The van der Waals surface area contributed by atoms with E-state index in [4.69, 9.17) is 5.11 Å². The molecule has 14 heavy (non-hydrogen) atoms. The minimum absolute atomic E-state index is 0.121. The zero-order chi connectivity index (χ0) is 10.4. The van der Waals surface area contributed by atoms with Crippen LogP contribution in [0.1, 0.15) is 12.6 Å². The van der Waals surface area contributed by atoms with Crippen molar-refractivity contribution in [3.8, 4) is 0 Å². The van der Waals surface area contributed by atoms with Gasteiger partial charge in [0.15, 0.2) is 0 Å². The third kappa shape index (κ3) is 4.00. The molecule has 4 nitrogen and oxygen atoms in total. The highest BCUT2D eigenvalue weighted by Crippen LogP contribution is 1.94. The summed E-state index contributed by atoms with van der Waals surface area (Å²) in [4.78, 5) is 15.3. The molecule has 0 radical (unpaired) electrons. The van der Waals surface area contributed by atoms with Gasteiger partial charge in [0.2, 0.25) is 5.91 Å². The normalized spacial score (nSPS) is 12.1. The number of aromatic nitrogens is 1. The fraction of sp³-hybridized carbons (Fsp3) is 0.400. The predicted molar refractivity (Wildman–Crippen MR) is 52.6 cm³/mol. The van der Waals surface area contributed by atoms with Crippen LogP contribution in [0.25, 0.3) is 0 Å². The molecule has 0 saturated carbocycles. The molecule has 2 N–H and O–H groups in total. The molecule has 0 fully saturated rings. The third-order valence-electron chi connectivity index (χ3n) is 1.66. The van der Waals surface area contributed by atoms with Gasteiger partial charge in [0.25, 0.3) is 0 Å². The van der Waals surface area contributed by atoms with Crippen LogP contribution in [0.2, 0.25) is 0 Å². The van der Waals surface area contributed by atoms with Gasteiger partial charge in [-0.25, -0.2) is 0 Å². The molecule has 0 spiro atoms. The Morgan fingerprint density at radius 1 is 1.64 bits per heavy atom. The second-order valence-electron chi connectivity index (χ2n) is 3.15. The van der Waals surface area contributed by atoms with Crippen LogP contribution in [0, 0.1) is 0 Å². The van der Waals surface area contributed by atoms with E-state index in [1.165, 1.54) is 0 Å². The SMILES string of the molecule is C[C@@H](O)CNC(=O)Cc1ccccn1. The molecular weight excluding hydrogens is 180 g/mol.